The van der Waals surface area contributed by atoms with Crippen LogP contribution >= 0.6 is 0 Å². The van der Waals surface area contributed by atoms with E-state index < -0.39 is 0 Å². The van der Waals surface area contributed by atoms with Crippen LogP contribution in [0.1, 0.15) is 27.4 Å². The second-order valence-electron chi connectivity index (χ2n) is 6.88. The minimum atomic E-state index is -0.209. The Kier molecular flexibility index (Phi) is 5.03. The van der Waals surface area contributed by atoms with E-state index in [1.165, 1.54) is 0 Å². The molecule has 2 aromatic carbocycles. The van der Waals surface area contributed by atoms with Crippen molar-refractivity contribution >= 4 is 24.0 Å². The zero-order chi connectivity index (χ0) is 21.8. The van der Waals surface area contributed by atoms with Crippen molar-refractivity contribution in [3.05, 3.63) is 108 Å². The van der Waals surface area contributed by atoms with Crippen LogP contribution in [0.2, 0.25) is 0 Å². The van der Waals surface area contributed by atoms with Crippen molar-refractivity contribution < 1.29 is 4.79 Å². The van der Waals surface area contributed by atoms with E-state index in [4.69, 9.17) is 0 Å². The smallest absolute Gasteiger partial charge is 0.255 e. The average Bonchev–Trinajstić information content (AvgIpc) is 3.43. The fourth-order valence-electron chi connectivity index (χ4n) is 3.19. The quantitative estimate of drug-likeness (QED) is 0.408. The van der Waals surface area contributed by atoms with Gasteiger partial charge in [0.1, 0.15) is 5.69 Å². The molecule has 0 radical (unpaired) electrons. The molecule has 0 spiro atoms. The summed E-state index contributed by atoms with van der Waals surface area (Å²) in [7, 11) is 0. The maximum absolute atomic E-state index is 12.8. The van der Waals surface area contributed by atoms with E-state index in [-0.39, 0.29) is 5.91 Å². The van der Waals surface area contributed by atoms with Crippen molar-refractivity contribution in [2.75, 3.05) is 5.32 Å². The summed E-state index contributed by atoms with van der Waals surface area (Å²) in [6, 6.07) is 14.8. The normalized spacial score (nSPS) is 11.4. The van der Waals surface area contributed by atoms with E-state index in [1.807, 2.05) is 51.7 Å². The fourth-order valence-corrected chi connectivity index (χ4v) is 3.19. The van der Waals surface area contributed by atoms with Gasteiger partial charge in [-0.25, -0.2) is 9.97 Å². The lowest BCUT2D eigenvalue weighted by Gasteiger charge is -2.08. The first-order valence-corrected chi connectivity index (χ1v) is 9.79. The number of rotatable bonds is 3. The average molecular weight is 416 g/mol. The van der Waals surface area contributed by atoms with Crippen LogP contribution in [-0.2, 0) is 0 Å². The van der Waals surface area contributed by atoms with Crippen LogP contribution in [0.3, 0.4) is 0 Å². The summed E-state index contributed by atoms with van der Waals surface area (Å²) >= 11 is 0. The maximum atomic E-state index is 12.8. The van der Waals surface area contributed by atoms with Gasteiger partial charge in [0.05, 0.1) is 31.1 Å². The highest BCUT2D eigenvalue weighted by atomic mass is 16.1. The Labute approximate surface area is 184 Å². The third-order valence-electron chi connectivity index (χ3n) is 4.73. The summed E-state index contributed by atoms with van der Waals surface area (Å²) in [5.74, 6) is 6.67. The molecule has 1 amide bonds. The molecule has 0 bridgehead atoms. The van der Waals surface area contributed by atoms with Gasteiger partial charge in [-0.15, -0.1) is 0 Å². The van der Waals surface area contributed by atoms with E-state index in [1.54, 1.807) is 49.5 Å². The summed E-state index contributed by atoms with van der Waals surface area (Å²) < 4.78 is 3.68. The number of carbonyl (C=O) groups excluding carboxylic acids is 1. The molecule has 2 aromatic heterocycles. The van der Waals surface area contributed by atoms with Crippen molar-refractivity contribution in [3.8, 4) is 17.5 Å². The Hall–Kier alpha value is -4.92. The predicted molar refractivity (Wildman–Crippen MR) is 123 cm³/mol. The number of aliphatic imine (C=N–C) groups is 1. The van der Waals surface area contributed by atoms with E-state index in [0.717, 1.165) is 11.3 Å². The summed E-state index contributed by atoms with van der Waals surface area (Å²) in [5, 5.41) is 2.94. The zero-order valence-corrected chi connectivity index (χ0v) is 16.8. The van der Waals surface area contributed by atoms with E-state index in [0.29, 0.717) is 22.8 Å². The van der Waals surface area contributed by atoms with Crippen molar-refractivity contribution in [2.45, 2.75) is 0 Å². The Morgan fingerprint density at radius 2 is 2.03 bits per heavy atom. The highest BCUT2D eigenvalue weighted by molar-refractivity contribution is 6.04. The van der Waals surface area contributed by atoms with E-state index in [2.05, 4.69) is 37.8 Å². The molecule has 7 nitrogen and oxygen atoms in total. The minimum absolute atomic E-state index is 0.209. The van der Waals surface area contributed by atoms with Gasteiger partial charge in [0, 0.05) is 34.9 Å². The number of imidazole rings is 2. The van der Waals surface area contributed by atoms with Crippen molar-refractivity contribution in [2.24, 2.45) is 4.99 Å². The Balaban J connectivity index is 1.35. The molecule has 7 heteroatoms. The summed E-state index contributed by atoms with van der Waals surface area (Å²) in [5.41, 5.74) is 6.50. The Morgan fingerprint density at radius 1 is 1.09 bits per heavy atom. The molecule has 0 atom stereocenters. The van der Waals surface area contributed by atoms with Crippen molar-refractivity contribution in [3.63, 3.8) is 0 Å². The molecule has 0 aliphatic carbocycles. The van der Waals surface area contributed by atoms with Crippen molar-refractivity contribution in [1.29, 1.82) is 0 Å². The highest BCUT2D eigenvalue weighted by Crippen LogP contribution is 2.16. The molecule has 1 N–H and O–H groups in total. The molecule has 3 heterocycles. The van der Waals surface area contributed by atoms with Crippen LogP contribution in [0, 0.1) is 11.8 Å². The molecule has 0 saturated heterocycles. The van der Waals surface area contributed by atoms with Gasteiger partial charge < -0.3 is 9.88 Å². The van der Waals surface area contributed by atoms with Gasteiger partial charge in [-0.1, -0.05) is 23.8 Å². The summed E-state index contributed by atoms with van der Waals surface area (Å²) in [6.07, 6.45) is 11.9. The number of hydrogen-bond donors (Lipinski definition) is 1. The third kappa shape index (κ3) is 4.03. The monoisotopic (exact) mass is 416 g/mol. The van der Waals surface area contributed by atoms with Gasteiger partial charge in [0.15, 0.2) is 5.82 Å². The van der Waals surface area contributed by atoms with E-state index in [9.17, 15) is 4.79 Å². The fraction of sp³-hybridized carbons (Fsp3) is 0. The molecule has 5 rings (SSSR count). The number of nitrogens with zero attached hydrogens (tertiary/aromatic N) is 5. The van der Waals surface area contributed by atoms with Gasteiger partial charge in [-0.3, -0.25) is 14.4 Å². The molecule has 1 aliphatic rings. The summed E-state index contributed by atoms with van der Waals surface area (Å²) in [6.45, 7) is 0. The molecule has 152 valence electrons. The Morgan fingerprint density at radius 3 is 2.94 bits per heavy atom. The number of hydrogen-bond acceptors (Lipinski definition) is 4. The highest BCUT2D eigenvalue weighted by Gasteiger charge is 2.08. The molecule has 32 heavy (non-hydrogen) atoms. The number of amides is 1. The largest absolute Gasteiger partial charge is 0.322 e. The van der Waals surface area contributed by atoms with Gasteiger partial charge in [-0.2, -0.15) is 0 Å². The second kappa shape index (κ2) is 8.44. The molecular weight excluding hydrogens is 400 g/mol. The molecule has 0 fully saturated rings. The van der Waals surface area contributed by atoms with Gasteiger partial charge in [-0.05, 0) is 42.3 Å². The minimum Gasteiger partial charge on any atom is -0.322 e. The lowest BCUT2D eigenvalue weighted by Crippen LogP contribution is -2.12. The van der Waals surface area contributed by atoms with Gasteiger partial charge >= 0.3 is 0 Å². The van der Waals surface area contributed by atoms with Gasteiger partial charge in [0.25, 0.3) is 5.91 Å². The number of nitrogens with one attached hydrogen (secondary N) is 1. The number of aromatic nitrogens is 4. The lowest BCUT2D eigenvalue weighted by atomic mass is 10.1. The maximum Gasteiger partial charge on any atom is 0.255 e. The topological polar surface area (TPSA) is 77.1 Å². The molecule has 4 aromatic rings. The van der Waals surface area contributed by atoms with Gasteiger partial charge in [0.2, 0.25) is 0 Å². The van der Waals surface area contributed by atoms with Crippen LogP contribution < -0.4 is 5.32 Å². The second-order valence-corrected chi connectivity index (χ2v) is 6.88. The number of fused-ring (bicyclic) bond motifs is 1. The first-order chi connectivity index (χ1) is 15.8. The first kappa shape index (κ1) is 19.1. The number of carbonyl (C=O) groups is 1. The number of anilines is 1. The van der Waals surface area contributed by atoms with Crippen LogP contribution in [0.25, 0.3) is 11.9 Å². The standard InChI is InChI=1S/C25H16N6O/c32-25(29-21-6-2-7-22(15-21)30-13-11-27-18-30)20-5-1-4-19(14-20)8-9-23-16-28-24-17-26-10-3-12-31(23)24/h1-2,4-7,10-18H,(H,29,32). The molecule has 0 saturated carbocycles. The zero-order valence-electron chi connectivity index (χ0n) is 16.8. The lowest BCUT2D eigenvalue weighted by molar-refractivity contribution is 0.102. The van der Waals surface area contributed by atoms with Crippen LogP contribution in [0.5, 0.6) is 0 Å². The van der Waals surface area contributed by atoms with Crippen molar-refractivity contribution in [1.82, 2.24) is 19.1 Å². The van der Waals surface area contributed by atoms with Crippen LogP contribution in [0.4, 0.5) is 5.69 Å². The first-order valence-electron chi connectivity index (χ1n) is 9.79. The molecule has 1 aliphatic heterocycles. The SMILES string of the molecule is O=C(Nc1cccc(-n2ccnc2)c1)c1cccc(C#Cc2cnc3n2C=C=CN=C3)c1. The van der Waals surface area contributed by atoms with Crippen LogP contribution in [0.15, 0.2) is 90.4 Å². The van der Waals surface area contributed by atoms with E-state index >= 15 is 0 Å². The number of benzene rings is 2. The molecular formula is C25H16N6O. The Bertz CT molecular complexity index is 1460. The predicted octanol–water partition coefficient (Wildman–Crippen LogP) is 3.74. The molecule has 0 unspecified atom stereocenters. The van der Waals surface area contributed by atoms with Crippen LogP contribution in [-0.4, -0.2) is 31.2 Å². The summed E-state index contributed by atoms with van der Waals surface area (Å²) in [4.78, 5) is 25.2. The third-order valence-corrected chi connectivity index (χ3v) is 4.73.